The van der Waals surface area contributed by atoms with Crippen molar-refractivity contribution in [1.29, 1.82) is 0 Å². The summed E-state index contributed by atoms with van der Waals surface area (Å²) in [5.41, 5.74) is 5.18. The second-order valence-corrected chi connectivity index (χ2v) is 3.62. The summed E-state index contributed by atoms with van der Waals surface area (Å²) in [4.78, 5) is 17.4. The van der Waals surface area contributed by atoms with E-state index in [4.69, 9.17) is 5.73 Å². The van der Waals surface area contributed by atoms with Gasteiger partial charge in [-0.25, -0.2) is 4.98 Å². The average molecular weight is 229 g/mol. The predicted octanol–water partition coefficient (Wildman–Crippen LogP) is 0.742. The van der Waals surface area contributed by atoms with Crippen molar-refractivity contribution in [3.63, 3.8) is 0 Å². The zero-order chi connectivity index (χ0) is 11.3. The zero-order valence-electron chi connectivity index (χ0n) is 8.14. The number of anilines is 2. The maximum absolute atomic E-state index is 10.6. The molecule has 15 heavy (non-hydrogen) atoms. The summed E-state index contributed by atoms with van der Waals surface area (Å²) in [7, 11) is 0. The largest absolute Gasteiger partial charge is 0.368 e. The Morgan fingerprint density at radius 1 is 1.73 bits per heavy atom. The molecule has 3 N–H and O–H groups in total. The molecule has 1 aromatic rings. The molecule has 0 atom stereocenters. The molecule has 0 radical (unpaired) electrons. The Balaban J connectivity index is 2.82. The first kappa shape index (κ1) is 11.5. The highest BCUT2D eigenvalue weighted by Crippen LogP contribution is 2.20. The minimum absolute atomic E-state index is 0.0206. The lowest BCUT2D eigenvalue weighted by Crippen LogP contribution is -2.09. The quantitative estimate of drug-likeness (QED) is 0.435. The molecule has 0 fully saturated rings. The van der Waals surface area contributed by atoms with Gasteiger partial charge in [-0.3, -0.25) is 10.1 Å². The highest BCUT2D eigenvalue weighted by atomic mass is 32.2. The van der Waals surface area contributed by atoms with Gasteiger partial charge in [0.1, 0.15) is 6.20 Å². The molecular weight excluding hydrogens is 218 g/mol. The van der Waals surface area contributed by atoms with Gasteiger partial charge < -0.3 is 11.1 Å². The van der Waals surface area contributed by atoms with E-state index >= 15 is 0 Å². The van der Waals surface area contributed by atoms with E-state index in [1.165, 1.54) is 0 Å². The number of nitrogen functional groups attached to an aromatic ring is 1. The smallest absolute Gasteiger partial charge is 0.329 e. The van der Waals surface area contributed by atoms with Crippen LogP contribution in [0.1, 0.15) is 0 Å². The van der Waals surface area contributed by atoms with Crippen LogP contribution < -0.4 is 11.1 Å². The second kappa shape index (κ2) is 5.35. The van der Waals surface area contributed by atoms with Crippen LogP contribution in [0.4, 0.5) is 17.5 Å². The van der Waals surface area contributed by atoms with Crippen molar-refractivity contribution in [2.45, 2.75) is 0 Å². The van der Waals surface area contributed by atoms with Crippen molar-refractivity contribution in [3.05, 3.63) is 16.3 Å². The van der Waals surface area contributed by atoms with Crippen molar-refractivity contribution in [2.24, 2.45) is 0 Å². The molecule has 82 valence electrons. The number of hydrogen-bond donors (Lipinski definition) is 2. The SMILES string of the molecule is CSCCNc1nc(N)ncc1[N+](=O)[O-]. The topological polar surface area (TPSA) is 107 Å². The van der Waals surface area contributed by atoms with Crippen molar-refractivity contribution < 1.29 is 4.92 Å². The molecule has 0 aliphatic rings. The van der Waals surface area contributed by atoms with Crippen LogP contribution in [0.5, 0.6) is 0 Å². The average Bonchev–Trinajstić information content (AvgIpc) is 2.18. The Labute approximate surface area is 90.6 Å². The van der Waals surface area contributed by atoms with E-state index in [2.05, 4.69) is 15.3 Å². The first-order valence-electron chi connectivity index (χ1n) is 4.15. The van der Waals surface area contributed by atoms with E-state index in [1.807, 2.05) is 6.26 Å². The second-order valence-electron chi connectivity index (χ2n) is 2.64. The summed E-state index contributed by atoms with van der Waals surface area (Å²) < 4.78 is 0. The van der Waals surface area contributed by atoms with Crippen LogP contribution in [0.3, 0.4) is 0 Å². The van der Waals surface area contributed by atoms with E-state index in [9.17, 15) is 10.1 Å². The number of aromatic nitrogens is 2. The number of nitrogens with two attached hydrogens (primary N) is 1. The first-order valence-corrected chi connectivity index (χ1v) is 5.54. The Morgan fingerprint density at radius 2 is 2.47 bits per heavy atom. The molecule has 1 heterocycles. The summed E-state index contributed by atoms with van der Waals surface area (Å²) in [5.74, 6) is 1.02. The van der Waals surface area contributed by atoms with Gasteiger partial charge in [-0.05, 0) is 6.26 Å². The standard InChI is InChI=1S/C7H11N5O2S/c1-15-3-2-9-6-5(12(13)14)4-10-7(8)11-6/h4H,2-3H2,1H3,(H3,8,9,10,11). The molecule has 0 aliphatic carbocycles. The molecule has 0 bridgehead atoms. The molecular formula is C7H11N5O2S. The van der Waals surface area contributed by atoms with Gasteiger partial charge in [-0.2, -0.15) is 16.7 Å². The van der Waals surface area contributed by atoms with Gasteiger partial charge in [0.25, 0.3) is 0 Å². The third kappa shape index (κ3) is 3.24. The third-order valence-corrected chi connectivity index (χ3v) is 2.20. The summed E-state index contributed by atoms with van der Waals surface area (Å²) in [6.45, 7) is 0.596. The van der Waals surface area contributed by atoms with Gasteiger partial charge in [0.15, 0.2) is 0 Å². The minimum atomic E-state index is -0.541. The fraction of sp³-hybridized carbons (Fsp3) is 0.429. The highest BCUT2D eigenvalue weighted by molar-refractivity contribution is 7.98. The minimum Gasteiger partial charge on any atom is -0.368 e. The Bertz CT molecular complexity index is 359. The fourth-order valence-corrected chi connectivity index (χ4v) is 1.23. The number of nitro groups is 1. The molecule has 8 heteroatoms. The molecule has 0 saturated carbocycles. The zero-order valence-corrected chi connectivity index (χ0v) is 8.95. The Morgan fingerprint density at radius 3 is 3.07 bits per heavy atom. The summed E-state index contributed by atoms with van der Waals surface area (Å²) in [6.07, 6.45) is 3.05. The van der Waals surface area contributed by atoms with E-state index in [1.54, 1.807) is 11.8 Å². The maximum Gasteiger partial charge on any atom is 0.329 e. The van der Waals surface area contributed by atoms with Crippen LogP contribution in [0, 0.1) is 10.1 Å². The first-order chi connectivity index (χ1) is 7.15. The lowest BCUT2D eigenvalue weighted by molar-refractivity contribution is -0.384. The third-order valence-electron chi connectivity index (χ3n) is 1.58. The Hall–Kier alpha value is -1.57. The van der Waals surface area contributed by atoms with E-state index < -0.39 is 4.92 Å². The van der Waals surface area contributed by atoms with Gasteiger partial charge in [0.05, 0.1) is 4.92 Å². The van der Waals surface area contributed by atoms with E-state index in [0.29, 0.717) is 6.54 Å². The van der Waals surface area contributed by atoms with Crippen molar-refractivity contribution in [2.75, 3.05) is 29.6 Å². The summed E-state index contributed by atoms with van der Waals surface area (Å²) in [5, 5.41) is 13.4. The molecule has 1 aromatic heterocycles. The van der Waals surface area contributed by atoms with E-state index in [-0.39, 0.29) is 17.5 Å². The van der Waals surface area contributed by atoms with Gasteiger partial charge in [0, 0.05) is 12.3 Å². The molecule has 1 rings (SSSR count). The molecule has 0 spiro atoms. The number of hydrogen-bond acceptors (Lipinski definition) is 7. The molecule has 0 aromatic carbocycles. The monoisotopic (exact) mass is 229 g/mol. The van der Waals surface area contributed by atoms with Crippen molar-refractivity contribution in [1.82, 2.24) is 9.97 Å². The van der Waals surface area contributed by atoms with Crippen LogP contribution in [0.25, 0.3) is 0 Å². The predicted molar refractivity (Wildman–Crippen MR) is 60.0 cm³/mol. The lowest BCUT2D eigenvalue weighted by atomic mass is 10.4. The number of nitrogens with zero attached hydrogens (tertiary/aromatic N) is 3. The van der Waals surface area contributed by atoms with E-state index in [0.717, 1.165) is 11.9 Å². The van der Waals surface area contributed by atoms with Crippen LogP contribution in [-0.4, -0.2) is 33.4 Å². The van der Waals surface area contributed by atoms with Crippen LogP contribution in [-0.2, 0) is 0 Å². The summed E-state index contributed by atoms with van der Waals surface area (Å²) >= 11 is 1.63. The van der Waals surface area contributed by atoms with Gasteiger partial charge in [-0.1, -0.05) is 0 Å². The van der Waals surface area contributed by atoms with Crippen molar-refractivity contribution in [3.8, 4) is 0 Å². The molecule has 0 unspecified atom stereocenters. The lowest BCUT2D eigenvalue weighted by Gasteiger charge is -2.04. The fourth-order valence-electron chi connectivity index (χ4n) is 0.924. The highest BCUT2D eigenvalue weighted by Gasteiger charge is 2.15. The summed E-state index contributed by atoms with van der Waals surface area (Å²) in [6, 6.07) is 0. The number of thioether (sulfide) groups is 1. The van der Waals surface area contributed by atoms with Crippen LogP contribution in [0.15, 0.2) is 6.20 Å². The molecule has 0 amide bonds. The number of rotatable bonds is 5. The van der Waals surface area contributed by atoms with Crippen molar-refractivity contribution >= 4 is 29.2 Å². The van der Waals surface area contributed by atoms with Crippen LogP contribution in [0.2, 0.25) is 0 Å². The van der Waals surface area contributed by atoms with Gasteiger partial charge in [0.2, 0.25) is 11.8 Å². The maximum atomic E-state index is 10.6. The van der Waals surface area contributed by atoms with Gasteiger partial charge >= 0.3 is 5.69 Å². The molecule has 7 nitrogen and oxygen atoms in total. The number of nitrogens with one attached hydrogen (secondary N) is 1. The normalized spacial score (nSPS) is 9.93. The Kier molecular flexibility index (Phi) is 4.10. The molecule has 0 saturated heterocycles. The molecule has 0 aliphatic heterocycles. The van der Waals surface area contributed by atoms with Crippen LogP contribution >= 0.6 is 11.8 Å². The van der Waals surface area contributed by atoms with Gasteiger partial charge in [-0.15, -0.1) is 0 Å².